The van der Waals surface area contributed by atoms with Crippen LogP contribution in [0.5, 0.6) is 0 Å². The van der Waals surface area contributed by atoms with E-state index >= 15 is 0 Å². The molecule has 1 unspecified atom stereocenters. The van der Waals surface area contributed by atoms with Gasteiger partial charge in [0.2, 0.25) is 0 Å². The Kier molecular flexibility index (Phi) is 3.44. The number of rotatable bonds is 2. The van der Waals surface area contributed by atoms with Gasteiger partial charge in [-0.05, 0) is 38.6 Å². The van der Waals surface area contributed by atoms with Gasteiger partial charge in [0.1, 0.15) is 0 Å². The van der Waals surface area contributed by atoms with Crippen molar-refractivity contribution in [1.29, 1.82) is 0 Å². The number of piperidine rings is 1. The molecular weight excluding hydrogens is 198 g/mol. The largest absolute Gasteiger partial charge is 0.376 e. The van der Waals surface area contributed by atoms with Gasteiger partial charge in [0.15, 0.2) is 0 Å². The molecule has 1 aromatic rings. The van der Waals surface area contributed by atoms with Crippen LogP contribution in [-0.2, 0) is 0 Å². The summed E-state index contributed by atoms with van der Waals surface area (Å²) in [6.45, 7) is 2.38. The lowest BCUT2D eigenvalue weighted by atomic mass is 9.94. The maximum atomic E-state index is 4.59. The highest BCUT2D eigenvalue weighted by Gasteiger charge is 2.19. The van der Waals surface area contributed by atoms with E-state index in [2.05, 4.69) is 34.0 Å². The van der Waals surface area contributed by atoms with E-state index in [1.165, 1.54) is 30.8 Å². The van der Waals surface area contributed by atoms with Crippen LogP contribution in [0.3, 0.4) is 0 Å². The highest BCUT2D eigenvalue weighted by molar-refractivity contribution is 5.42. The van der Waals surface area contributed by atoms with Crippen LogP contribution in [0.25, 0.3) is 0 Å². The van der Waals surface area contributed by atoms with Crippen LogP contribution in [0.15, 0.2) is 18.3 Å². The van der Waals surface area contributed by atoms with Gasteiger partial charge in [-0.2, -0.15) is 0 Å². The Morgan fingerprint density at radius 1 is 1.38 bits per heavy atom. The van der Waals surface area contributed by atoms with Crippen molar-refractivity contribution in [1.82, 2.24) is 9.88 Å². The van der Waals surface area contributed by atoms with Crippen molar-refractivity contribution in [2.45, 2.75) is 18.8 Å². The number of likely N-dealkylation sites (tertiary alicyclic amines) is 1. The lowest BCUT2D eigenvalue weighted by molar-refractivity contribution is 0.248. The maximum absolute atomic E-state index is 4.59. The molecule has 0 radical (unpaired) electrons. The smallest absolute Gasteiger partial charge is 0.0547 e. The maximum Gasteiger partial charge on any atom is 0.0547 e. The summed E-state index contributed by atoms with van der Waals surface area (Å²) in [4.78, 5) is 9.08. The SMILES string of the molecule is CN1CCCC(c2ccc(N(C)C)cn2)C1. The number of pyridine rings is 1. The van der Waals surface area contributed by atoms with Crippen LogP contribution >= 0.6 is 0 Å². The first-order valence-electron chi connectivity index (χ1n) is 5.98. The Labute approximate surface area is 98.1 Å². The van der Waals surface area contributed by atoms with Crippen LogP contribution < -0.4 is 4.90 Å². The first-order chi connectivity index (χ1) is 7.66. The van der Waals surface area contributed by atoms with Crippen molar-refractivity contribution >= 4 is 5.69 Å². The van der Waals surface area contributed by atoms with E-state index < -0.39 is 0 Å². The molecule has 16 heavy (non-hydrogen) atoms. The third-order valence-electron chi connectivity index (χ3n) is 3.33. The molecule has 0 aromatic carbocycles. The molecule has 1 aromatic heterocycles. The van der Waals surface area contributed by atoms with Gasteiger partial charge >= 0.3 is 0 Å². The molecule has 1 aliphatic rings. The number of nitrogens with zero attached hydrogens (tertiary/aromatic N) is 3. The van der Waals surface area contributed by atoms with Crippen LogP contribution in [0.4, 0.5) is 5.69 Å². The van der Waals surface area contributed by atoms with E-state index in [9.17, 15) is 0 Å². The highest BCUT2D eigenvalue weighted by atomic mass is 15.1. The molecule has 0 amide bonds. The Balaban J connectivity index is 2.09. The molecule has 1 aliphatic heterocycles. The van der Waals surface area contributed by atoms with E-state index in [-0.39, 0.29) is 0 Å². The zero-order valence-electron chi connectivity index (χ0n) is 10.5. The molecule has 1 fully saturated rings. The summed E-state index contributed by atoms with van der Waals surface area (Å²) in [5.74, 6) is 0.620. The lowest BCUT2D eigenvalue weighted by Crippen LogP contribution is -2.31. The Bertz CT molecular complexity index is 332. The lowest BCUT2D eigenvalue weighted by Gasteiger charge is -2.29. The minimum atomic E-state index is 0.620. The minimum Gasteiger partial charge on any atom is -0.376 e. The van der Waals surface area contributed by atoms with Gasteiger partial charge in [-0.1, -0.05) is 0 Å². The summed E-state index contributed by atoms with van der Waals surface area (Å²) < 4.78 is 0. The Morgan fingerprint density at radius 3 is 2.75 bits per heavy atom. The quantitative estimate of drug-likeness (QED) is 0.758. The first kappa shape index (κ1) is 11.4. The second-order valence-electron chi connectivity index (χ2n) is 4.94. The fourth-order valence-electron chi connectivity index (χ4n) is 2.31. The van der Waals surface area contributed by atoms with Gasteiger partial charge in [0.25, 0.3) is 0 Å². The van der Waals surface area contributed by atoms with E-state index in [1.54, 1.807) is 0 Å². The van der Waals surface area contributed by atoms with Crippen molar-refractivity contribution in [2.24, 2.45) is 0 Å². The molecule has 1 atom stereocenters. The summed E-state index contributed by atoms with van der Waals surface area (Å²) in [5.41, 5.74) is 2.42. The average molecular weight is 219 g/mol. The summed E-state index contributed by atoms with van der Waals surface area (Å²) >= 11 is 0. The zero-order valence-corrected chi connectivity index (χ0v) is 10.5. The zero-order chi connectivity index (χ0) is 11.5. The normalized spacial score (nSPS) is 22.1. The van der Waals surface area contributed by atoms with Gasteiger partial charge in [-0.3, -0.25) is 4.98 Å². The molecule has 0 N–H and O–H groups in total. The number of anilines is 1. The molecule has 2 rings (SSSR count). The van der Waals surface area contributed by atoms with Crippen molar-refractivity contribution in [2.75, 3.05) is 39.1 Å². The fraction of sp³-hybridized carbons (Fsp3) is 0.615. The molecule has 3 heteroatoms. The predicted octanol–water partition coefficient (Wildman–Crippen LogP) is 1.96. The molecule has 1 saturated heterocycles. The molecule has 88 valence electrons. The van der Waals surface area contributed by atoms with Crippen LogP contribution in [-0.4, -0.2) is 44.1 Å². The van der Waals surface area contributed by atoms with Crippen LogP contribution in [0.1, 0.15) is 24.5 Å². The molecular formula is C13H21N3. The molecule has 0 spiro atoms. The standard InChI is InChI=1S/C13H21N3/c1-15(2)12-6-7-13(14-9-12)11-5-4-8-16(3)10-11/h6-7,9,11H,4-5,8,10H2,1-3H3. The fourth-order valence-corrected chi connectivity index (χ4v) is 2.31. The Morgan fingerprint density at radius 2 is 2.19 bits per heavy atom. The van der Waals surface area contributed by atoms with E-state index in [4.69, 9.17) is 0 Å². The molecule has 0 bridgehead atoms. The van der Waals surface area contributed by atoms with Gasteiger partial charge in [0, 0.05) is 32.3 Å². The molecule has 0 aliphatic carbocycles. The summed E-state index contributed by atoms with van der Waals surface area (Å²) in [5, 5.41) is 0. The molecule has 0 saturated carbocycles. The Hall–Kier alpha value is -1.09. The average Bonchev–Trinajstić information content (AvgIpc) is 2.29. The third kappa shape index (κ3) is 2.53. The predicted molar refractivity (Wildman–Crippen MR) is 68.0 cm³/mol. The van der Waals surface area contributed by atoms with E-state index in [0.717, 1.165) is 6.54 Å². The van der Waals surface area contributed by atoms with E-state index in [1.807, 2.05) is 20.3 Å². The van der Waals surface area contributed by atoms with Gasteiger partial charge < -0.3 is 9.80 Å². The van der Waals surface area contributed by atoms with Crippen LogP contribution in [0, 0.1) is 0 Å². The third-order valence-corrected chi connectivity index (χ3v) is 3.33. The van der Waals surface area contributed by atoms with Gasteiger partial charge in [-0.15, -0.1) is 0 Å². The van der Waals surface area contributed by atoms with Gasteiger partial charge in [-0.25, -0.2) is 0 Å². The highest BCUT2D eigenvalue weighted by Crippen LogP contribution is 2.25. The monoisotopic (exact) mass is 219 g/mol. The molecule has 2 heterocycles. The number of aromatic nitrogens is 1. The molecule has 3 nitrogen and oxygen atoms in total. The minimum absolute atomic E-state index is 0.620. The second kappa shape index (κ2) is 4.83. The van der Waals surface area contributed by atoms with Crippen molar-refractivity contribution < 1.29 is 0 Å². The first-order valence-corrected chi connectivity index (χ1v) is 5.98. The van der Waals surface area contributed by atoms with E-state index in [0.29, 0.717) is 5.92 Å². The number of hydrogen-bond donors (Lipinski definition) is 0. The van der Waals surface area contributed by atoms with Gasteiger partial charge in [0.05, 0.1) is 11.9 Å². The number of likely N-dealkylation sites (N-methyl/N-ethyl adjacent to an activating group) is 1. The van der Waals surface area contributed by atoms with Crippen molar-refractivity contribution in [3.8, 4) is 0 Å². The summed E-state index contributed by atoms with van der Waals surface area (Å²) in [6, 6.07) is 4.34. The number of hydrogen-bond acceptors (Lipinski definition) is 3. The van der Waals surface area contributed by atoms with Crippen molar-refractivity contribution in [3.63, 3.8) is 0 Å². The topological polar surface area (TPSA) is 19.4 Å². The summed E-state index contributed by atoms with van der Waals surface area (Å²) in [6.07, 6.45) is 4.54. The van der Waals surface area contributed by atoms with Crippen molar-refractivity contribution in [3.05, 3.63) is 24.0 Å². The summed E-state index contributed by atoms with van der Waals surface area (Å²) in [7, 11) is 6.29. The second-order valence-corrected chi connectivity index (χ2v) is 4.94. The van der Waals surface area contributed by atoms with Crippen LogP contribution in [0.2, 0.25) is 0 Å².